The van der Waals surface area contributed by atoms with Crippen LogP contribution in [-0.4, -0.2) is 74.3 Å². The molecule has 0 fully saturated rings. The summed E-state index contributed by atoms with van der Waals surface area (Å²) in [5.41, 5.74) is 13.2. The van der Waals surface area contributed by atoms with Crippen LogP contribution in [0, 0.1) is 0 Å². The molecule has 0 aliphatic rings. The van der Waals surface area contributed by atoms with Crippen molar-refractivity contribution in [1.29, 1.82) is 0 Å². The number of carboxylic acids is 4. The molecule has 70 heavy (non-hydrogen) atoms. The van der Waals surface area contributed by atoms with Gasteiger partial charge in [0.05, 0.1) is 46.0 Å². The fourth-order valence-electron chi connectivity index (χ4n) is 8.18. The molecule has 0 saturated heterocycles. The van der Waals surface area contributed by atoms with Crippen molar-refractivity contribution in [3.05, 3.63) is 217 Å². The fourth-order valence-corrected chi connectivity index (χ4v) is 8.18. The number of hydrogen-bond donors (Lipinski definition) is 4. The van der Waals surface area contributed by atoms with Crippen LogP contribution in [0.2, 0.25) is 0 Å². The summed E-state index contributed by atoms with van der Waals surface area (Å²) in [7, 11) is 0. The Morgan fingerprint density at radius 1 is 0.300 bits per heavy atom. The number of nitrogens with zero attached hydrogens (tertiary/aromatic N) is 6. The highest BCUT2D eigenvalue weighted by atomic mass is 16.4. The number of aromatic nitrogens is 6. The van der Waals surface area contributed by atoms with E-state index in [4.69, 9.17) is 0 Å². The summed E-state index contributed by atoms with van der Waals surface area (Å²) in [5.74, 6) is -4.08. The Morgan fingerprint density at radius 3 is 0.843 bits per heavy atom. The first-order valence-corrected chi connectivity index (χ1v) is 21.7. The Morgan fingerprint density at radius 2 is 0.543 bits per heavy atom. The largest absolute Gasteiger partial charge is 0.478 e. The Bertz CT molecular complexity index is 3380. The molecule has 0 atom stereocenters. The predicted octanol–water partition coefficient (Wildman–Crippen LogP) is 11.3. The molecule has 14 heteroatoms. The first-order chi connectivity index (χ1) is 33.9. The maximum atomic E-state index is 11.6. The van der Waals surface area contributed by atoms with Crippen LogP contribution in [0.5, 0.6) is 0 Å². The zero-order valence-electron chi connectivity index (χ0n) is 36.6. The minimum absolute atomic E-state index is 0.164. The van der Waals surface area contributed by atoms with Crippen LogP contribution in [-0.2, 0) is 0 Å². The topological polar surface area (TPSA) is 211 Å². The molecular formula is C56H36N6O8. The molecule has 8 aromatic carbocycles. The van der Waals surface area contributed by atoms with Crippen molar-refractivity contribution in [2.24, 2.45) is 0 Å². The van der Waals surface area contributed by atoms with E-state index in [-0.39, 0.29) is 22.3 Å². The van der Waals surface area contributed by atoms with Gasteiger partial charge in [0.2, 0.25) is 0 Å². The lowest BCUT2D eigenvalue weighted by atomic mass is 9.97. The molecule has 4 N–H and O–H groups in total. The summed E-state index contributed by atoms with van der Waals surface area (Å²) in [6.45, 7) is 0. The van der Waals surface area contributed by atoms with Gasteiger partial charge in [-0.3, -0.25) is 0 Å². The highest BCUT2D eigenvalue weighted by Gasteiger charge is 2.17. The quantitative estimate of drug-likeness (QED) is 0.0851. The molecule has 0 aliphatic heterocycles. The second-order valence-corrected chi connectivity index (χ2v) is 16.2. The lowest BCUT2D eigenvalue weighted by molar-refractivity contribution is 0.0686. The summed E-state index contributed by atoms with van der Waals surface area (Å²) in [6, 6.07) is 53.8. The number of hydrogen-bond acceptors (Lipinski definition) is 8. The van der Waals surface area contributed by atoms with Crippen LogP contribution >= 0.6 is 0 Å². The van der Waals surface area contributed by atoms with Crippen molar-refractivity contribution in [3.63, 3.8) is 0 Å². The Hall–Kier alpha value is -10.1. The van der Waals surface area contributed by atoms with Crippen LogP contribution in [0.1, 0.15) is 41.4 Å². The van der Waals surface area contributed by atoms with Gasteiger partial charge in [-0.2, -0.15) is 0 Å². The van der Waals surface area contributed by atoms with E-state index in [1.165, 1.54) is 0 Å². The third-order valence-corrected chi connectivity index (χ3v) is 12.0. The summed E-state index contributed by atoms with van der Waals surface area (Å²) < 4.78 is 3.34. The third kappa shape index (κ3) is 8.81. The van der Waals surface area contributed by atoms with E-state index in [0.29, 0.717) is 22.8 Å². The molecular weight excluding hydrogens is 885 g/mol. The Kier molecular flexibility index (Phi) is 11.5. The lowest BCUT2D eigenvalue weighted by Gasteiger charge is -2.13. The first-order valence-electron chi connectivity index (χ1n) is 21.7. The molecule has 0 unspecified atom stereocenters. The van der Waals surface area contributed by atoms with Gasteiger partial charge in [-0.25, -0.2) is 28.5 Å². The monoisotopic (exact) mass is 920 g/mol. The highest BCUT2D eigenvalue weighted by molar-refractivity contribution is 5.91. The molecule has 0 amide bonds. The molecule has 338 valence electrons. The minimum Gasteiger partial charge on any atom is -0.478 e. The van der Waals surface area contributed by atoms with Crippen molar-refractivity contribution in [2.45, 2.75) is 0 Å². The molecule has 0 spiro atoms. The molecule has 0 aliphatic carbocycles. The van der Waals surface area contributed by atoms with Crippen LogP contribution in [0.4, 0.5) is 0 Å². The molecule has 2 aromatic heterocycles. The number of rotatable bonds is 13. The molecule has 2 heterocycles. The van der Waals surface area contributed by atoms with E-state index in [1.807, 2.05) is 97.3 Å². The molecule has 0 radical (unpaired) electrons. The standard InChI is InChI=1S/C56H36N6O8/c63-53(64)41-17-5-35(6-18-41)45-25-27-47(37-9-21-43(22-10-37)55(67)68)51(29-45)61-31-49(57-59-61)39-13-1-33(2-14-39)34-3-15-40(16-4-34)50-32-62(60-58-50)52-30-46(36-7-19-42(20-8-36)54(65)66)26-28-48(52)38-11-23-44(24-12-38)56(69)70/h1-32H,(H,63,64)(H,65,66)(H,67,68)(H,69,70). The normalized spacial score (nSPS) is 11.0. The molecule has 10 aromatic rings. The van der Waals surface area contributed by atoms with Gasteiger partial charge < -0.3 is 20.4 Å². The fraction of sp³-hybridized carbons (Fsp3) is 0. The van der Waals surface area contributed by atoms with E-state index in [2.05, 4.69) is 20.6 Å². The van der Waals surface area contributed by atoms with Gasteiger partial charge in [0.15, 0.2) is 0 Å². The maximum Gasteiger partial charge on any atom is 0.335 e. The lowest BCUT2D eigenvalue weighted by Crippen LogP contribution is -2.00. The van der Waals surface area contributed by atoms with Crippen molar-refractivity contribution >= 4 is 23.9 Å². The van der Waals surface area contributed by atoms with Crippen LogP contribution in [0.25, 0.3) is 89.5 Å². The van der Waals surface area contributed by atoms with E-state index >= 15 is 0 Å². The highest BCUT2D eigenvalue weighted by Crippen LogP contribution is 2.35. The third-order valence-electron chi connectivity index (χ3n) is 12.0. The van der Waals surface area contributed by atoms with E-state index in [0.717, 1.165) is 66.8 Å². The number of aromatic carboxylic acids is 4. The van der Waals surface area contributed by atoms with Gasteiger partial charge in [-0.05, 0) is 105 Å². The number of benzene rings is 8. The van der Waals surface area contributed by atoms with Crippen molar-refractivity contribution in [2.75, 3.05) is 0 Å². The molecule has 14 nitrogen and oxygen atoms in total. The summed E-state index contributed by atoms with van der Waals surface area (Å²) in [4.78, 5) is 46.2. The summed E-state index contributed by atoms with van der Waals surface area (Å²) >= 11 is 0. The molecule has 10 rings (SSSR count). The van der Waals surface area contributed by atoms with Gasteiger partial charge >= 0.3 is 23.9 Å². The van der Waals surface area contributed by atoms with Gasteiger partial charge in [0.1, 0.15) is 11.4 Å². The smallest absolute Gasteiger partial charge is 0.335 e. The van der Waals surface area contributed by atoms with Crippen molar-refractivity contribution in [3.8, 4) is 89.5 Å². The number of carboxylic acid groups (broad SMARTS) is 4. The Balaban J connectivity index is 0.909. The van der Waals surface area contributed by atoms with Crippen LogP contribution in [0.3, 0.4) is 0 Å². The maximum absolute atomic E-state index is 11.6. The average molecular weight is 921 g/mol. The molecule has 0 saturated carbocycles. The van der Waals surface area contributed by atoms with E-state index in [9.17, 15) is 39.6 Å². The van der Waals surface area contributed by atoms with Gasteiger partial charge in [0.25, 0.3) is 0 Å². The minimum atomic E-state index is -1.02. The van der Waals surface area contributed by atoms with Crippen LogP contribution < -0.4 is 0 Å². The Labute approximate surface area is 398 Å². The van der Waals surface area contributed by atoms with Crippen LogP contribution in [0.15, 0.2) is 194 Å². The van der Waals surface area contributed by atoms with Crippen molar-refractivity contribution in [1.82, 2.24) is 30.0 Å². The second kappa shape index (κ2) is 18.3. The zero-order chi connectivity index (χ0) is 48.5. The van der Waals surface area contributed by atoms with E-state index < -0.39 is 23.9 Å². The summed E-state index contributed by atoms with van der Waals surface area (Å²) in [5, 5.41) is 55.9. The zero-order valence-corrected chi connectivity index (χ0v) is 36.6. The number of carbonyl (C=O) groups is 4. The van der Waals surface area contributed by atoms with Crippen molar-refractivity contribution < 1.29 is 39.6 Å². The first kappa shape index (κ1) is 43.8. The predicted molar refractivity (Wildman–Crippen MR) is 262 cm³/mol. The van der Waals surface area contributed by atoms with Gasteiger partial charge in [0, 0.05) is 22.3 Å². The molecule has 0 bridgehead atoms. The summed E-state index contributed by atoms with van der Waals surface area (Å²) in [6.07, 6.45) is 3.65. The van der Waals surface area contributed by atoms with Gasteiger partial charge in [-0.15, -0.1) is 10.2 Å². The van der Waals surface area contributed by atoms with E-state index in [1.54, 1.807) is 106 Å². The van der Waals surface area contributed by atoms with Gasteiger partial charge in [-0.1, -0.05) is 132 Å². The SMILES string of the molecule is O=C(O)c1ccc(-c2ccc(-c3ccc(C(=O)O)cc3)c(-n3cc(-c4ccc(-c5ccc(-c6cn(-c7cc(-c8ccc(C(=O)O)cc8)ccc7-c7ccc(C(=O)O)cc7)nn6)cc5)cc4)nn3)c2)cc1. The second-order valence-electron chi connectivity index (χ2n) is 16.2. The average Bonchev–Trinajstić information content (AvgIpc) is 4.11.